The molecular weight excluding hydrogens is 412 g/mol. The van der Waals surface area contributed by atoms with Gasteiger partial charge in [0.2, 0.25) is 0 Å². The summed E-state index contributed by atoms with van der Waals surface area (Å²) in [6.45, 7) is 19.7. The molecule has 190 valence electrons. The van der Waals surface area contributed by atoms with Gasteiger partial charge >= 0.3 is 0 Å². The zero-order valence-corrected chi connectivity index (χ0v) is 23.5. The van der Waals surface area contributed by atoms with Gasteiger partial charge in [0.1, 0.15) is 0 Å². The topological polar surface area (TPSA) is 9.23 Å². The second-order valence-electron chi connectivity index (χ2n) is 11.4. The van der Waals surface area contributed by atoms with Gasteiger partial charge in [-0.2, -0.15) is 0 Å². The molecule has 2 aliphatic rings. The number of unbranched alkanes of at least 4 members (excludes halogenated alkanes) is 1. The summed E-state index contributed by atoms with van der Waals surface area (Å²) in [7, 11) is 0. The Balaban J connectivity index is 1.87. The first-order chi connectivity index (χ1) is 16.2. The van der Waals surface area contributed by atoms with Crippen molar-refractivity contribution in [2.45, 2.75) is 137 Å². The third kappa shape index (κ3) is 8.00. The van der Waals surface area contributed by atoms with Gasteiger partial charge in [0.05, 0.1) is 11.2 Å². The minimum Gasteiger partial charge on any atom is -0.364 e. The molecular formula is C33H52O. The third-order valence-electron chi connectivity index (χ3n) is 8.35. The highest BCUT2D eigenvalue weighted by Crippen LogP contribution is 2.51. The van der Waals surface area contributed by atoms with E-state index < -0.39 is 0 Å². The maximum atomic E-state index is 7.15. The van der Waals surface area contributed by atoms with Crippen molar-refractivity contribution in [1.29, 1.82) is 0 Å². The smallest absolute Gasteiger partial charge is 0.0964 e. The molecule has 34 heavy (non-hydrogen) atoms. The van der Waals surface area contributed by atoms with Gasteiger partial charge in [-0.15, -0.1) is 5.73 Å². The van der Waals surface area contributed by atoms with Gasteiger partial charge in [0, 0.05) is 5.92 Å². The van der Waals surface area contributed by atoms with E-state index >= 15 is 0 Å². The van der Waals surface area contributed by atoms with E-state index in [1.807, 2.05) is 0 Å². The van der Waals surface area contributed by atoms with Crippen LogP contribution < -0.4 is 0 Å². The predicted molar refractivity (Wildman–Crippen MR) is 150 cm³/mol. The van der Waals surface area contributed by atoms with Crippen LogP contribution in [0.4, 0.5) is 0 Å². The zero-order chi connectivity index (χ0) is 25.2. The van der Waals surface area contributed by atoms with Gasteiger partial charge in [-0.05, 0) is 110 Å². The molecule has 2 rings (SSSR count). The first kappa shape index (κ1) is 28.7. The summed E-state index contributed by atoms with van der Waals surface area (Å²) in [5, 5.41) is 0. The Morgan fingerprint density at radius 2 is 1.74 bits per heavy atom. The van der Waals surface area contributed by atoms with Crippen molar-refractivity contribution in [2.24, 2.45) is 5.92 Å². The fourth-order valence-corrected chi connectivity index (χ4v) is 5.64. The average Bonchev–Trinajstić information content (AvgIpc) is 2.80. The zero-order valence-electron chi connectivity index (χ0n) is 23.5. The Labute approximate surface area is 211 Å². The Morgan fingerprint density at radius 3 is 2.38 bits per heavy atom. The Morgan fingerprint density at radius 1 is 1.06 bits per heavy atom. The number of rotatable bonds is 13. The van der Waals surface area contributed by atoms with Crippen molar-refractivity contribution >= 4 is 0 Å². The lowest BCUT2D eigenvalue weighted by atomic mass is 9.67. The Hall–Kier alpha value is -1.56. The molecule has 0 radical (unpaired) electrons. The van der Waals surface area contributed by atoms with Crippen LogP contribution >= 0.6 is 0 Å². The van der Waals surface area contributed by atoms with E-state index in [4.69, 9.17) is 4.74 Å². The molecule has 1 heterocycles. The lowest BCUT2D eigenvalue weighted by Crippen LogP contribution is -2.53. The second-order valence-corrected chi connectivity index (χ2v) is 11.4. The van der Waals surface area contributed by atoms with Crippen LogP contribution in [0.1, 0.15) is 126 Å². The first-order valence-electron chi connectivity index (χ1n) is 13.9. The van der Waals surface area contributed by atoms with Gasteiger partial charge in [-0.1, -0.05) is 74.3 Å². The molecule has 3 unspecified atom stereocenters. The SMILES string of the molecule is C=C=C(C)CC/C=C(\C)CCC/C(C)=C/CCC1(C)CCC2=CC=C(C)C(C)C2(CCCC)O1. The minimum absolute atomic E-state index is 0.0227. The summed E-state index contributed by atoms with van der Waals surface area (Å²) < 4.78 is 7.15. The van der Waals surface area contributed by atoms with Crippen LogP contribution in [0.3, 0.4) is 0 Å². The van der Waals surface area contributed by atoms with Gasteiger partial charge in [0.15, 0.2) is 0 Å². The normalized spacial score (nSPS) is 27.6. The Kier molecular flexibility index (Phi) is 11.4. The average molecular weight is 465 g/mol. The summed E-state index contributed by atoms with van der Waals surface area (Å²) in [5.41, 5.74) is 10.2. The molecule has 0 aromatic carbocycles. The summed E-state index contributed by atoms with van der Waals surface area (Å²) in [5.74, 6) is 0.476. The van der Waals surface area contributed by atoms with Crippen molar-refractivity contribution < 1.29 is 4.74 Å². The highest BCUT2D eigenvalue weighted by atomic mass is 16.5. The molecule has 0 saturated carbocycles. The lowest BCUT2D eigenvalue weighted by molar-refractivity contribution is -0.177. The van der Waals surface area contributed by atoms with Crippen LogP contribution in [-0.4, -0.2) is 11.2 Å². The van der Waals surface area contributed by atoms with Gasteiger partial charge < -0.3 is 4.74 Å². The molecule has 0 amide bonds. The van der Waals surface area contributed by atoms with Crippen molar-refractivity contribution in [3.05, 3.63) is 64.5 Å². The van der Waals surface area contributed by atoms with Gasteiger partial charge in [-0.3, -0.25) is 0 Å². The fraction of sp³-hybridized carbons (Fsp3) is 0.667. The van der Waals surface area contributed by atoms with Crippen molar-refractivity contribution in [3.8, 4) is 0 Å². The van der Waals surface area contributed by atoms with Gasteiger partial charge in [0.25, 0.3) is 0 Å². The quantitative estimate of drug-likeness (QED) is 0.194. The lowest BCUT2D eigenvalue weighted by Gasteiger charge is -2.53. The Bertz CT molecular complexity index is 844. The van der Waals surface area contributed by atoms with E-state index in [1.165, 1.54) is 60.8 Å². The van der Waals surface area contributed by atoms with E-state index in [2.05, 4.69) is 85.1 Å². The number of ether oxygens (including phenoxy) is 1. The van der Waals surface area contributed by atoms with Crippen LogP contribution in [0, 0.1) is 5.92 Å². The predicted octanol–water partition coefficient (Wildman–Crippen LogP) is 10.4. The van der Waals surface area contributed by atoms with Crippen LogP contribution in [0.15, 0.2) is 64.5 Å². The molecule has 0 bridgehead atoms. The van der Waals surface area contributed by atoms with Crippen molar-refractivity contribution in [1.82, 2.24) is 0 Å². The monoisotopic (exact) mass is 464 g/mol. The third-order valence-corrected chi connectivity index (χ3v) is 8.35. The molecule has 0 aromatic rings. The van der Waals surface area contributed by atoms with Crippen molar-refractivity contribution in [3.63, 3.8) is 0 Å². The summed E-state index contributed by atoms with van der Waals surface area (Å²) in [4.78, 5) is 0. The van der Waals surface area contributed by atoms with Crippen LogP contribution in [0.25, 0.3) is 0 Å². The molecule has 1 nitrogen and oxygen atoms in total. The fourth-order valence-electron chi connectivity index (χ4n) is 5.64. The molecule has 0 aromatic heterocycles. The molecule has 0 spiro atoms. The summed E-state index contributed by atoms with van der Waals surface area (Å²) in [6, 6.07) is 0. The highest BCUT2D eigenvalue weighted by Gasteiger charge is 2.49. The molecule has 1 saturated heterocycles. The second kappa shape index (κ2) is 13.5. The van der Waals surface area contributed by atoms with Crippen LogP contribution in [0.5, 0.6) is 0 Å². The van der Waals surface area contributed by atoms with Crippen LogP contribution in [0.2, 0.25) is 0 Å². The van der Waals surface area contributed by atoms with Crippen molar-refractivity contribution in [2.75, 3.05) is 0 Å². The largest absolute Gasteiger partial charge is 0.364 e. The van der Waals surface area contributed by atoms with E-state index in [-0.39, 0.29) is 11.2 Å². The molecule has 1 aliphatic heterocycles. The summed E-state index contributed by atoms with van der Waals surface area (Å²) in [6.07, 6.45) is 23.6. The van der Waals surface area contributed by atoms with E-state index in [1.54, 1.807) is 5.57 Å². The minimum atomic E-state index is -0.0789. The molecule has 0 N–H and O–H groups in total. The standard InChI is InChI=1S/C33H52O/c1-9-11-24-33-30(7)29(6)20-21-31(33)22-25-32(8,34-33)23-14-19-28(5)18-13-17-27(4)16-12-15-26(3)10-2/h16,19-21,30H,2,9,11-15,17-18,22-25H2,1,3-8H3/b27-16+,28-19+. The van der Waals surface area contributed by atoms with Gasteiger partial charge in [-0.25, -0.2) is 0 Å². The van der Waals surface area contributed by atoms with Crippen LogP contribution in [-0.2, 0) is 4.74 Å². The molecule has 1 aliphatic carbocycles. The maximum absolute atomic E-state index is 7.15. The maximum Gasteiger partial charge on any atom is 0.0964 e. The highest BCUT2D eigenvalue weighted by molar-refractivity contribution is 5.36. The molecule has 1 heteroatoms. The number of allylic oxidation sites excluding steroid dienone is 7. The van der Waals surface area contributed by atoms with E-state index in [0.717, 1.165) is 38.5 Å². The summed E-state index contributed by atoms with van der Waals surface area (Å²) >= 11 is 0. The first-order valence-corrected chi connectivity index (χ1v) is 13.9. The van der Waals surface area contributed by atoms with E-state index in [0.29, 0.717) is 5.92 Å². The molecule has 3 atom stereocenters. The number of fused-ring (bicyclic) bond motifs is 1. The molecule has 1 fully saturated rings. The number of hydrogen-bond acceptors (Lipinski definition) is 1. The number of hydrogen-bond donors (Lipinski definition) is 0. The van der Waals surface area contributed by atoms with E-state index in [9.17, 15) is 0 Å².